The summed E-state index contributed by atoms with van der Waals surface area (Å²) in [5.41, 5.74) is 0.968. The van der Waals surface area contributed by atoms with Crippen molar-refractivity contribution in [3.8, 4) is 0 Å². The maximum absolute atomic E-state index is 13.6. The van der Waals surface area contributed by atoms with Crippen LogP contribution in [0, 0.1) is 17.0 Å². The van der Waals surface area contributed by atoms with Crippen molar-refractivity contribution in [3.63, 3.8) is 0 Å². The molecule has 2 aromatic carbocycles. The van der Waals surface area contributed by atoms with Crippen LogP contribution in [0.15, 0.2) is 41.3 Å². The van der Waals surface area contributed by atoms with Gasteiger partial charge in [0.25, 0.3) is 11.6 Å². The molecule has 1 amide bonds. The molecule has 10 nitrogen and oxygen atoms in total. The molecule has 0 N–H and O–H groups in total. The lowest BCUT2D eigenvalue weighted by molar-refractivity contribution is -0.385. The van der Waals surface area contributed by atoms with Crippen LogP contribution in [0.25, 0.3) is 10.2 Å². The molecule has 1 saturated heterocycles. The maximum atomic E-state index is 13.6. The predicted molar refractivity (Wildman–Crippen MR) is 137 cm³/mol. The third kappa shape index (κ3) is 5.96. The SMILES string of the molecule is Cc1c(C(=O)N(CCN2CCOCC2)c2nc3ccc(S(C)(=O)=O)cc3s2)cccc1[N+](=O)[O-].Cl. The van der Waals surface area contributed by atoms with Crippen molar-refractivity contribution in [2.75, 3.05) is 50.5 Å². The quantitative estimate of drug-likeness (QED) is 0.330. The molecule has 13 heteroatoms. The van der Waals surface area contributed by atoms with Crippen LogP contribution < -0.4 is 4.90 Å². The number of hydrogen-bond donors (Lipinski definition) is 0. The Morgan fingerprint density at radius 3 is 2.63 bits per heavy atom. The normalized spacial score (nSPS) is 14.5. The molecule has 1 aliphatic rings. The molecule has 0 radical (unpaired) electrons. The van der Waals surface area contributed by atoms with Gasteiger partial charge in [-0.15, -0.1) is 12.4 Å². The van der Waals surface area contributed by atoms with E-state index in [2.05, 4.69) is 9.88 Å². The van der Waals surface area contributed by atoms with E-state index in [0.29, 0.717) is 41.7 Å². The Bertz CT molecular complexity index is 1360. The van der Waals surface area contributed by atoms with Gasteiger partial charge < -0.3 is 4.74 Å². The van der Waals surface area contributed by atoms with Crippen molar-refractivity contribution < 1.29 is 22.9 Å². The molecule has 0 atom stereocenters. The van der Waals surface area contributed by atoms with Gasteiger partial charge in [0.05, 0.1) is 33.2 Å². The Morgan fingerprint density at radius 1 is 1.26 bits per heavy atom. The second kappa shape index (κ2) is 11.0. The van der Waals surface area contributed by atoms with Gasteiger partial charge in [-0.1, -0.05) is 17.4 Å². The number of aromatic nitrogens is 1. The van der Waals surface area contributed by atoms with Crippen molar-refractivity contribution in [1.82, 2.24) is 9.88 Å². The van der Waals surface area contributed by atoms with E-state index in [1.165, 1.54) is 34.4 Å². The first-order valence-electron chi connectivity index (χ1n) is 10.6. The van der Waals surface area contributed by atoms with Crippen molar-refractivity contribution in [3.05, 3.63) is 57.6 Å². The van der Waals surface area contributed by atoms with Gasteiger partial charge in [-0.2, -0.15) is 0 Å². The van der Waals surface area contributed by atoms with Crippen LogP contribution in [0.2, 0.25) is 0 Å². The van der Waals surface area contributed by atoms with Crippen LogP contribution in [-0.2, 0) is 14.6 Å². The van der Waals surface area contributed by atoms with E-state index in [4.69, 9.17) is 4.74 Å². The number of fused-ring (bicyclic) bond motifs is 1. The summed E-state index contributed by atoms with van der Waals surface area (Å²) >= 11 is 1.21. The van der Waals surface area contributed by atoms with Gasteiger partial charge in [0.15, 0.2) is 15.0 Å². The molecule has 1 aromatic heterocycles. The molecule has 2 heterocycles. The van der Waals surface area contributed by atoms with Crippen LogP contribution in [-0.4, -0.2) is 74.8 Å². The number of morpholine rings is 1. The summed E-state index contributed by atoms with van der Waals surface area (Å²) in [5.74, 6) is -0.392. The van der Waals surface area contributed by atoms with Gasteiger partial charge in [-0.05, 0) is 31.2 Å². The van der Waals surface area contributed by atoms with Gasteiger partial charge >= 0.3 is 0 Å². The number of carbonyl (C=O) groups is 1. The molecule has 0 saturated carbocycles. The lowest BCUT2D eigenvalue weighted by Crippen LogP contribution is -2.43. The summed E-state index contributed by atoms with van der Waals surface area (Å²) in [6.45, 7) is 5.18. The second-order valence-electron chi connectivity index (χ2n) is 8.02. The number of anilines is 1. The molecule has 4 rings (SSSR count). The van der Waals surface area contributed by atoms with Crippen molar-refractivity contribution in [1.29, 1.82) is 0 Å². The summed E-state index contributed by atoms with van der Waals surface area (Å²) < 4.78 is 30.0. The van der Waals surface area contributed by atoms with Crippen LogP contribution in [0.3, 0.4) is 0 Å². The molecule has 0 aliphatic carbocycles. The highest BCUT2D eigenvalue weighted by Crippen LogP contribution is 2.32. The number of nitrogens with zero attached hydrogens (tertiary/aromatic N) is 4. The number of benzene rings is 2. The third-order valence-corrected chi connectivity index (χ3v) is 7.88. The average molecular weight is 541 g/mol. The fraction of sp³-hybridized carbons (Fsp3) is 0.364. The second-order valence-corrected chi connectivity index (χ2v) is 11.0. The molecule has 0 unspecified atom stereocenters. The summed E-state index contributed by atoms with van der Waals surface area (Å²) in [6, 6.07) is 9.10. The molecule has 35 heavy (non-hydrogen) atoms. The zero-order valence-corrected chi connectivity index (χ0v) is 21.6. The lowest BCUT2D eigenvalue weighted by atomic mass is 10.1. The molecule has 1 aliphatic heterocycles. The molecule has 3 aromatic rings. The number of carbonyl (C=O) groups excluding carboxylic acids is 1. The highest BCUT2D eigenvalue weighted by Gasteiger charge is 2.26. The molecule has 0 spiro atoms. The van der Waals surface area contributed by atoms with Crippen LogP contribution in [0.1, 0.15) is 15.9 Å². The van der Waals surface area contributed by atoms with Crippen LogP contribution >= 0.6 is 23.7 Å². The topological polar surface area (TPSA) is 123 Å². The summed E-state index contributed by atoms with van der Waals surface area (Å²) in [7, 11) is -3.39. The first-order chi connectivity index (χ1) is 16.1. The monoisotopic (exact) mass is 540 g/mol. The van der Waals surface area contributed by atoms with Gasteiger partial charge in [0.2, 0.25) is 0 Å². The Balaban J connectivity index is 0.00000342. The molecule has 1 fully saturated rings. The lowest BCUT2D eigenvalue weighted by Gasteiger charge is -2.29. The number of amides is 1. The minimum Gasteiger partial charge on any atom is -0.379 e. The summed E-state index contributed by atoms with van der Waals surface area (Å²) in [6.07, 6.45) is 1.14. The fourth-order valence-electron chi connectivity index (χ4n) is 3.79. The number of thiazole rings is 1. The van der Waals surface area contributed by atoms with Crippen molar-refractivity contribution in [2.24, 2.45) is 0 Å². The standard InChI is InChI=1S/C22H24N4O6S2.ClH/c1-15-17(4-3-5-19(15)26(28)29)21(27)25(9-8-24-10-12-32-13-11-24)22-23-18-7-6-16(34(2,30)31)14-20(18)33-22;/h3-7,14H,8-13H2,1-2H3;1H. The number of nitro benzene ring substituents is 1. The van der Waals surface area contributed by atoms with Gasteiger partial charge in [-0.3, -0.25) is 24.7 Å². The van der Waals surface area contributed by atoms with Crippen molar-refractivity contribution >= 4 is 60.5 Å². The predicted octanol–water partition coefficient (Wildman–Crippen LogP) is 3.32. The van der Waals surface area contributed by atoms with E-state index in [9.17, 15) is 23.3 Å². The van der Waals surface area contributed by atoms with Crippen LogP contribution in [0.4, 0.5) is 10.8 Å². The Kier molecular flexibility index (Phi) is 8.44. The van der Waals surface area contributed by atoms with Crippen molar-refractivity contribution in [2.45, 2.75) is 11.8 Å². The minimum absolute atomic E-state index is 0. The molecular weight excluding hydrogens is 516 g/mol. The maximum Gasteiger partial charge on any atom is 0.273 e. The van der Waals surface area contributed by atoms with Gasteiger partial charge in [0.1, 0.15) is 0 Å². The van der Waals surface area contributed by atoms with Gasteiger partial charge in [0, 0.05) is 49.6 Å². The first kappa shape index (κ1) is 27.0. The van der Waals surface area contributed by atoms with E-state index >= 15 is 0 Å². The summed E-state index contributed by atoms with van der Waals surface area (Å²) in [5, 5.41) is 11.8. The Morgan fingerprint density at radius 2 is 1.97 bits per heavy atom. The summed E-state index contributed by atoms with van der Waals surface area (Å²) in [4.78, 5) is 33.0. The number of ether oxygens (including phenoxy) is 1. The zero-order valence-electron chi connectivity index (χ0n) is 19.2. The van der Waals surface area contributed by atoms with E-state index in [-0.39, 0.29) is 34.1 Å². The van der Waals surface area contributed by atoms with E-state index in [1.807, 2.05) is 0 Å². The fourth-order valence-corrected chi connectivity index (χ4v) is 5.54. The Hall–Kier alpha value is -2.64. The first-order valence-corrected chi connectivity index (χ1v) is 13.3. The number of rotatable bonds is 7. The number of hydrogen-bond acceptors (Lipinski definition) is 9. The van der Waals surface area contributed by atoms with E-state index in [0.717, 1.165) is 19.3 Å². The van der Waals surface area contributed by atoms with Gasteiger partial charge in [-0.25, -0.2) is 13.4 Å². The zero-order chi connectivity index (χ0) is 24.5. The largest absolute Gasteiger partial charge is 0.379 e. The number of sulfone groups is 1. The highest BCUT2D eigenvalue weighted by molar-refractivity contribution is 7.90. The molecule has 188 valence electrons. The third-order valence-electron chi connectivity index (χ3n) is 5.73. The van der Waals surface area contributed by atoms with E-state index < -0.39 is 20.7 Å². The average Bonchev–Trinajstić information content (AvgIpc) is 3.22. The molecular formula is C22H25ClN4O6S2. The van der Waals surface area contributed by atoms with E-state index in [1.54, 1.807) is 25.1 Å². The smallest absolute Gasteiger partial charge is 0.273 e. The minimum atomic E-state index is -3.39. The Labute approximate surface area is 213 Å². The number of nitro groups is 1. The van der Waals surface area contributed by atoms with Crippen LogP contribution in [0.5, 0.6) is 0 Å². The molecule has 0 bridgehead atoms. The highest BCUT2D eigenvalue weighted by atomic mass is 35.5. The number of halogens is 1.